The van der Waals surface area contributed by atoms with Crippen LogP contribution >= 0.6 is 23.1 Å². The maximum Gasteiger partial charge on any atom is 0.150 e. The number of aromatic nitrogens is 1. The average molecular weight is 280 g/mol. The summed E-state index contributed by atoms with van der Waals surface area (Å²) in [5, 5.41) is 11.7. The number of hydrogen-bond donors (Lipinski definition) is 0. The number of rotatable bonds is 2. The molecule has 2 rings (SSSR count). The van der Waals surface area contributed by atoms with Gasteiger partial charge in [0.05, 0.1) is 12.0 Å². The molecule has 2 nitrogen and oxygen atoms in total. The van der Waals surface area contributed by atoms with Crippen molar-refractivity contribution in [2.75, 3.05) is 0 Å². The molecule has 1 aromatic heterocycles. The Balaban J connectivity index is 2.07. The van der Waals surface area contributed by atoms with Crippen molar-refractivity contribution < 1.29 is 0 Å². The highest BCUT2D eigenvalue weighted by Gasteiger charge is 2.36. The van der Waals surface area contributed by atoms with Gasteiger partial charge in [0.2, 0.25) is 0 Å². The Morgan fingerprint density at radius 2 is 2.22 bits per heavy atom. The number of nitriles is 1. The van der Waals surface area contributed by atoms with E-state index >= 15 is 0 Å². The average Bonchev–Trinajstić information content (AvgIpc) is 2.80. The predicted octanol–water partition coefficient (Wildman–Crippen LogP) is 4.59. The second-order valence-electron chi connectivity index (χ2n) is 6.07. The summed E-state index contributed by atoms with van der Waals surface area (Å²) in [6, 6.07) is 2.49. The fraction of sp³-hybridized carbons (Fsp3) is 0.714. The van der Waals surface area contributed by atoms with Gasteiger partial charge in [0.1, 0.15) is 4.34 Å². The van der Waals surface area contributed by atoms with Crippen LogP contribution in [0.4, 0.5) is 0 Å². The summed E-state index contributed by atoms with van der Waals surface area (Å²) in [6.07, 6.45) is 5.22. The van der Waals surface area contributed by atoms with Crippen LogP contribution in [-0.2, 0) is 0 Å². The van der Waals surface area contributed by atoms with E-state index in [4.69, 9.17) is 0 Å². The largest absolute Gasteiger partial charge is 0.238 e. The summed E-state index contributed by atoms with van der Waals surface area (Å²) >= 11 is 3.49. The number of thiazole rings is 1. The Morgan fingerprint density at radius 1 is 1.44 bits per heavy atom. The molecule has 0 bridgehead atoms. The van der Waals surface area contributed by atoms with Crippen LogP contribution in [-0.4, -0.2) is 10.2 Å². The van der Waals surface area contributed by atoms with Gasteiger partial charge in [0.15, 0.2) is 0 Å². The molecule has 0 saturated heterocycles. The lowest BCUT2D eigenvalue weighted by molar-refractivity contribution is 0.169. The molecular weight excluding hydrogens is 260 g/mol. The Kier molecular flexibility index (Phi) is 4.34. The van der Waals surface area contributed by atoms with Crippen molar-refractivity contribution in [2.24, 2.45) is 17.3 Å². The van der Waals surface area contributed by atoms with Gasteiger partial charge in [0.25, 0.3) is 0 Å². The molecule has 3 atom stereocenters. The van der Waals surface area contributed by atoms with E-state index in [1.165, 1.54) is 6.42 Å². The van der Waals surface area contributed by atoms with Gasteiger partial charge in [-0.3, -0.25) is 0 Å². The van der Waals surface area contributed by atoms with E-state index in [0.29, 0.717) is 10.7 Å². The first kappa shape index (κ1) is 13.9. The van der Waals surface area contributed by atoms with E-state index in [0.717, 1.165) is 23.1 Å². The Hall–Kier alpha value is -0.530. The Bertz CT molecular complexity index is 414. The maximum absolute atomic E-state index is 9.30. The minimum Gasteiger partial charge on any atom is -0.238 e. The second kappa shape index (κ2) is 5.63. The van der Waals surface area contributed by atoms with Gasteiger partial charge in [-0.25, -0.2) is 4.98 Å². The topological polar surface area (TPSA) is 36.7 Å². The lowest BCUT2D eigenvalue weighted by Crippen LogP contribution is -2.32. The highest BCUT2D eigenvalue weighted by Crippen LogP contribution is 2.45. The molecule has 1 aromatic rings. The molecule has 98 valence electrons. The molecule has 0 aromatic carbocycles. The minimum atomic E-state index is 0.192. The van der Waals surface area contributed by atoms with Gasteiger partial charge in [-0.15, -0.1) is 11.3 Å². The first-order valence-electron chi connectivity index (χ1n) is 6.46. The lowest BCUT2D eigenvalue weighted by atomic mass is 9.70. The van der Waals surface area contributed by atoms with Crippen molar-refractivity contribution in [2.45, 2.75) is 49.6 Å². The van der Waals surface area contributed by atoms with Crippen molar-refractivity contribution in [3.63, 3.8) is 0 Å². The Morgan fingerprint density at radius 3 is 2.78 bits per heavy atom. The molecule has 1 saturated carbocycles. The van der Waals surface area contributed by atoms with Crippen molar-refractivity contribution in [3.8, 4) is 6.07 Å². The van der Waals surface area contributed by atoms with Crippen molar-refractivity contribution in [1.82, 2.24) is 4.98 Å². The number of nitrogens with zero attached hydrogens (tertiary/aromatic N) is 2. The van der Waals surface area contributed by atoms with Gasteiger partial charge < -0.3 is 0 Å². The van der Waals surface area contributed by atoms with Crippen molar-refractivity contribution >= 4 is 23.1 Å². The summed E-state index contributed by atoms with van der Waals surface area (Å²) in [6.45, 7) is 6.94. The minimum absolute atomic E-state index is 0.192. The molecule has 1 fully saturated rings. The summed E-state index contributed by atoms with van der Waals surface area (Å²) in [5.74, 6) is 0.914. The first-order chi connectivity index (χ1) is 8.50. The summed E-state index contributed by atoms with van der Waals surface area (Å²) in [7, 11) is 0. The maximum atomic E-state index is 9.30. The fourth-order valence-corrected chi connectivity index (χ4v) is 4.78. The molecule has 0 spiro atoms. The van der Waals surface area contributed by atoms with E-state index < -0.39 is 0 Å². The molecule has 1 aliphatic rings. The van der Waals surface area contributed by atoms with Crippen molar-refractivity contribution in [3.05, 3.63) is 11.6 Å². The van der Waals surface area contributed by atoms with Crippen LogP contribution in [0.1, 0.15) is 40.0 Å². The first-order valence-corrected chi connectivity index (χ1v) is 8.22. The highest BCUT2D eigenvalue weighted by molar-refractivity contribution is 8.01. The number of hydrogen-bond acceptors (Lipinski definition) is 4. The fourth-order valence-electron chi connectivity index (χ4n) is 2.59. The molecular formula is C14H20N2S2. The van der Waals surface area contributed by atoms with E-state index in [-0.39, 0.29) is 5.92 Å². The standard InChI is InChI=1S/C14H20N2S2/c1-14(2,3)11-5-4-10(9-15)12(8-11)18-13-16-6-7-17-13/h6-7,10-12H,4-5,8H2,1-3H3. The SMILES string of the molecule is CC(C)(C)C1CCC(C#N)C(Sc2nccs2)C1. The Labute approximate surface area is 118 Å². The van der Waals surface area contributed by atoms with Gasteiger partial charge in [-0.1, -0.05) is 32.5 Å². The van der Waals surface area contributed by atoms with Crippen LogP contribution < -0.4 is 0 Å². The zero-order valence-electron chi connectivity index (χ0n) is 11.2. The predicted molar refractivity (Wildman–Crippen MR) is 77.7 cm³/mol. The van der Waals surface area contributed by atoms with Crippen LogP contribution in [0.25, 0.3) is 0 Å². The highest BCUT2D eigenvalue weighted by atomic mass is 32.2. The molecule has 0 radical (unpaired) electrons. The van der Waals surface area contributed by atoms with Crippen molar-refractivity contribution in [1.29, 1.82) is 5.26 Å². The third-order valence-electron chi connectivity index (χ3n) is 3.84. The molecule has 4 heteroatoms. The van der Waals surface area contributed by atoms with Gasteiger partial charge in [0, 0.05) is 16.8 Å². The molecule has 1 aliphatic carbocycles. The third-order valence-corrected chi connectivity index (χ3v) is 6.12. The van der Waals surface area contributed by atoms with Crippen LogP contribution in [0.5, 0.6) is 0 Å². The monoisotopic (exact) mass is 280 g/mol. The second-order valence-corrected chi connectivity index (χ2v) is 8.45. The van der Waals surface area contributed by atoms with Crippen LogP contribution in [0.2, 0.25) is 0 Å². The summed E-state index contributed by atoms with van der Waals surface area (Å²) in [5.41, 5.74) is 0.349. The summed E-state index contributed by atoms with van der Waals surface area (Å²) in [4.78, 5) is 4.34. The van der Waals surface area contributed by atoms with E-state index in [1.54, 1.807) is 11.3 Å². The van der Waals surface area contributed by atoms with Crippen LogP contribution in [0.15, 0.2) is 15.9 Å². The van der Waals surface area contributed by atoms with Gasteiger partial charge in [-0.2, -0.15) is 5.26 Å². The zero-order chi connectivity index (χ0) is 13.2. The van der Waals surface area contributed by atoms with Gasteiger partial charge >= 0.3 is 0 Å². The molecule has 0 N–H and O–H groups in total. The smallest absolute Gasteiger partial charge is 0.150 e. The quantitative estimate of drug-likeness (QED) is 0.795. The molecule has 0 amide bonds. The summed E-state index contributed by atoms with van der Waals surface area (Å²) < 4.78 is 1.11. The van der Waals surface area contributed by atoms with Crippen LogP contribution in [0, 0.1) is 28.6 Å². The molecule has 3 unspecified atom stereocenters. The molecule has 1 heterocycles. The van der Waals surface area contributed by atoms with Gasteiger partial charge in [-0.05, 0) is 30.6 Å². The van der Waals surface area contributed by atoms with E-state index in [2.05, 4.69) is 31.8 Å². The lowest BCUT2D eigenvalue weighted by Gasteiger charge is -2.39. The molecule has 18 heavy (non-hydrogen) atoms. The normalized spacial score (nSPS) is 28.9. The van der Waals surface area contributed by atoms with E-state index in [1.807, 2.05) is 23.3 Å². The third kappa shape index (κ3) is 3.27. The van der Waals surface area contributed by atoms with Crippen LogP contribution in [0.3, 0.4) is 0 Å². The number of thioether (sulfide) groups is 1. The zero-order valence-corrected chi connectivity index (χ0v) is 12.9. The van der Waals surface area contributed by atoms with E-state index in [9.17, 15) is 5.26 Å². The molecule has 0 aliphatic heterocycles.